The molecule has 4 rings (SSSR count). The number of benzene rings is 3. The molecule has 0 bridgehead atoms. The van der Waals surface area contributed by atoms with Gasteiger partial charge in [0.05, 0.1) is 22.1 Å². The predicted molar refractivity (Wildman–Crippen MR) is 147 cm³/mol. The molecule has 0 unspecified atom stereocenters. The van der Waals surface area contributed by atoms with Gasteiger partial charge in [-0.1, -0.05) is 51.8 Å². The Balaban J connectivity index is 1.52. The molecule has 0 aliphatic carbocycles. The van der Waals surface area contributed by atoms with Gasteiger partial charge in [0.15, 0.2) is 11.5 Å². The number of amides is 2. The Labute approximate surface area is 228 Å². The summed E-state index contributed by atoms with van der Waals surface area (Å²) in [6, 6.07) is 18.7. The number of rotatable bonds is 7. The predicted octanol–water partition coefficient (Wildman–Crippen LogP) is 7.53. The van der Waals surface area contributed by atoms with Crippen LogP contribution in [0.4, 0.5) is 4.79 Å². The Kier molecular flexibility index (Phi) is 8.23. The largest absolute Gasteiger partial charge is 0.493 e. The van der Waals surface area contributed by atoms with Crippen LogP contribution in [0.5, 0.6) is 11.5 Å². The number of halogens is 3. The molecule has 2 amide bonds. The Morgan fingerprint density at radius 1 is 1.06 bits per heavy atom. The molecule has 3 aromatic rings. The highest BCUT2D eigenvalue weighted by atomic mass is 127. The van der Waals surface area contributed by atoms with Crippen LogP contribution in [-0.2, 0) is 17.9 Å². The van der Waals surface area contributed by atoms with E-state index in [0.717, 1.165) is 36.5 Å². The van der Waals surface area contributed by atoms with E-state index in [1.165, 1.54) is 4.90 Å². The van der Waals surface area contributed by atoms with Crippen LogP contribution in [0.1, 0.15) is 16.7 Å². The zero-order valence-electron chi connectivity index (χ0n) is 17.9. The average molecular weight is 671 g/mol. The second-order valence-corrected chi connectivity index (χ2v) is 10.9. The number of ether oxygens (including phenoxy) is 2. The SMILES string of the molecule is COc1cc(/C=C2\SC(=O)N(Cc3ccc(Cl)cc3)C2=O)cc(I)c1OCc1ccc(Br)cc1. The van der Waals surface area contributed by atoms with Gasteiger partial charge < -0.3 is 9.47 Å². The van der Waals surface area contributed by atoms with E-state index < -0.39 is 0 Å². The number of nitrogens with zero attached hydrogens (tertiary/aromatic N) is 1. The summed E-state index contributed by atoms with van der Waals surface area (Å²) in [5.74, 6) is 0.851. The van der Waals surface area contributed by atoms with E-state index in [0.29, 0.717) is 28.0 Å². The van der Waals surface area contributed by atoms with Crippen LogP contribution in [0.15, 0.2) is 70.0 Å². The number of methoxy groups -OCH3 is 1. The number of imide groups is 1. The minimum Gasteiger partial charge on any atom is -0.493 e. The summed E-state index contributed by atoms with van der Waals surface area (Å²) in [5.41, 5.74) is 2.60. The molecule has 0 N–H and O–H groups in total. The summed E-state index contributed by atoms with van der Waals surface area (Å²) in [7, 11) is 1.57. The van der Waals surface area contributed by atoms with Crippen molar-refractivity contribution in [2.24, 2.45) is 0 Å². The molecular weight excluding hydrogens is 653 g/mol. The van der Waals surface area contributed by atoms with Crippen molar-refractivity contribution in [2.75, 3.05) is 7.11 Å². The Morgan fingerprint density at radius 3 is 2.41 bits per heavy atom. The molecule has 5 nitrogen and oxygen atoms in total. The molecule has 3 aromatic carbocycles. The zero-order valence-corrected chi connectivity index (χ0v) is 23.2. The minimum absolute atomic E-state index is 0.197. The van der Waals surface area contributed by atoms with Gasteiger partial charge in [0.2, 0.25) is 0 Å². The van der Waals surface area contributed by atoms with Gasteiger partial charge in [-0.3, -0.25) is 14.5 Å². The number of hydrogen-bond acceptors (Lipinski definition) is 5. The summed E-state index contributed by atoms with van der Waals surface area (Å²) in [4.78, 5) is 27.0. The quantitative estimate of drug-likeness (QED) is 0.192. The summed E-state index contributed by atoms with van der Waals surface area (Å²) < 4.78 is 13.4. The highest BCUT2D eigenvalue weighted by Gasteiger charge is 2.35. The number of carbonyl (C=O) groups is 2. The van der Waals surface area contributed by atoms with Crippen molar-refractivity contribution in [3.8, 4) is 11.5 Å². The molecule has 34 heavy (non-hydrogen) atoms. The molecule has 1 heterocycles. The first kappa shape index (κ1) is 25.1. The summed E-state index contributed by atoms with van der Waals surface area (Å²) in [6.45, 7) is 0.589. The lowest BCUT2D eigenvalue weighted by Crippen LogP contribution is -2.27. The lowest BCUT2D eigenvalue weighted by molar-refractivity contribution is -0.123. The summed E-state index contributed by atoms with van der Waals surface area (Å²) in [6.07, 6.45) is 1.70. The third kappa shape index (κ3) is 5.97. The number of thioether (sulfide) groups is 1. The van der Waals surface area contributed by atoms with Crippen LogP contribution in [0, 0.1) is 3.57 Å². The normalized spacial score (nSPS) is 14.7. The van der Waals surface area contributed by atoms with Crippen molar-refractivity contribution in [2.45, 2.75) is 13.2 Å². The molecule has 1 saturated heterocycles. The van der Waals surface area contributed by atoms with Crippen LogP contribution in [-0.4, -0.2) is 23.2 Å². The van der Waals surface area contributed by atoms with Crippen LogP contribution < -0.4 is 9.47 Å². The van der Waals surface area contributed by atoms with Gasteiger partial charge in [-0.05, 0) is 93.5 Å². The number of hydrogen-bond donors (Lipinski definition) is 0. The van der Waals surface area contributed by atoms with Crippen LogP contribution in [0.25, 0.3) is 6.08 Å². The fraction of sp³-hybridized carbons (Fsp3) is 0.120. The van der Waals surface area contributed by atoms with Crippen LogP contribution >= 0.6 is 61.9 Å². The maximum Gasteiger partial charge on any atom is 0.293 e. The molecule has 1 aliphatic rings. The Bertz CT molecular complexity index is 1270. The van der Waals surface area contributed by atoms with E-state index >= 15 is 0 Å². The molecule has 174 valence electrons. The third-order valence-corrected chi connectivity index (χ3v) is 7.46. The molecule has 1 aliphatic heterocycles. The smallest absolute Gasteiger partial charge is 0.293 e. The second-order valence-electron chi connectivity index (χ2n) is 7.34. The van der Waals surface area contributed by atoms with Crippen molar-refractivity contribution in [3.05, 3.63) is 95.3 Å². The standard InChI is InChI=1S/C25H18BrClINO4S/c1-32-21-11-17(10-20(28)23(21)33-14-16-2-6-18(26)7-3-16)12-22-24(30)29(25(31)34-22)13-15-4-8-19(27)9-5-15/h2-12H,13-14H2,1H3/b22-12-. The zero-order chi connectivity index (χ0) is 24.2. The van der Waals surface area contributed by atoms with E-state index in [-0.39, 0.29) is 17.7 Å². The highest BCUT2D eigenvalue weighted by Crippen LogP contribution is 2.38. The van der Waals surface area contributed by atoms with Gasteiger partial charge in [-0.25, -0.2) is 0 Å². The van der Waals surface area contributed by atoms with Gasteiger partial charge in [-0.2, -0.15) is 0 Å². The lowest BCUT2D eigenvalue weighted by atomic mass is 10.1. The highest BCUT2D eigenvalue weighted by molar-refractivity contribution is 14.1. The van der Waals surface area contributed by atoms with Crippen LogP contribution in [0.2, 0.25) is 5.02 Å². The van der Waals surface area contributed by atoms with Crippen molar-refractivity contribution >= 4 is 79.1 Å². The van der Waals surface area contributed by atoms with E-state index in [1.54, 1.807) is 43.5 Å². The van der Waals surface area contributed by atoms with E-state index in [4.69, 9.17) is 21.1 Å². The lowest BCUT2D eigenvalue weighted by Gasteiger charge is -2.14. The maximum absolute atomic E-state index is 12.9. The number of carbonyl (C=O) groups excluding carboxylic acids is 2. The van der Waals surface area contributed by atoms with Gasteiger partial charge >= 0.3 is 0 Å². The Hall–Kier alpha value is -2.01. The first-order chi connectivity index (χ1) is 16.3. The summed E-state index contributed by atoms with van der Waals surface area (Å²) in [5, 5.41) is 0.299. The Morgan fingerprint density at radius 2 is 1.74 bits per heavy atom. The van der Waals surface area contributed by atoms with Crippen molar-refractivity contribution in [1.29, 1.82) is 0 Å². The molecule has 0 spiro atoms. The molecule has 0 saturated carbocycles. The van der Waals surface area contributed by atoms with Crippen molar-refractivity contribution in [1.82, 2.24) is 4.90 Å². The first-order valence-corrected chi connectivity index (χ1v) is 13.2. The van der Waals surface area contributed by atoms with E-state index in [1.807, 2.05) is 30.3 Å². The second kappa shape index (κ2) is 11.2. The van der Waals surface area contributed by atoms with Crippen molar-refractivity contribution < 1.29 is 19.1 Å². The molecule has 1 fully saturated rings. The molecule has 0 aromatic heterocycles. The van der Waals surface area contributed by atoms with Gasteiger partial charge in [0.1, 0.15) is 6.61 Å². The van der Waals surface area contributed by atoms with E-state index in [2.05, 4.69) is 38.5 Å². The van der Waals surface area contributed by atoms with Gasteiger partial charge in [0, 0.05) is 9.50 Å². The average Bonchev–Trinajstić information content (AvgIpc) is 3.07. The van der Waals surface area contributed by atoms with Gasteiger partial charge in [-0.15, -0.1) is 0 Å². The van der Waals surface area contributed by atoms with Crippen molar-refractivity contribution in [3.63, 3.8) is 0 Å². The van der Waals surface area contributed by atoms with Crippen LogP contribution in [0.3, 0.4) is 0 Å². The fourth-order valence-corrected chi connectivity index (χ4v) is 5.27. The summed E-state index contributed by atoms with van der Waals surface area (Å²) >= 11 is 12.5. The molecular formula is C25H18BrClINO4S. The molecule has 0 atom stereocenters. The van der Waals surface area contributed by atoms with E-state index in [9.17, 15) is 9.59 Å². The monoisotopic (exact) mass is 669 g/mol. The minimum atomic E-state index is -0.325. The topological polar surface area (TPSA) is 55.8 Å². The van der Waals surface area contributed by atoms with Gasteiger partial charge in [0.25, 0.3) is 11.1 Å². The maximum atomic E-state index is 12.9. The molecule has 0 radical (unpaired) electrons. The first-order valence-electron chi connectivity index (χ1n) is 10.1. The molecule has 9 heteroatoms. The third-order valence-electron chi connectivity index (χ3n) is 4.97. The fourth-order valence-electron chi connectivity index (χ4n) is 3.26.